The maximum absolute atomic E-state index is 13.4. The Hall–Kier alpha value is -4.43. The van der Waals surface area contributed by atoms with Crippen LogP contribution in [0.15, 0.2) is 95.9 Å². The fourth-order valence-electron chi connectivity index (χ4n) is 3.88. The lowest BCUT2D eigenvalue weighted by Gasteiger charge is -2.24. The van der Waals surface area contributed by atoms with Crippen molar-refractivity contribution in [3.05, 3.63) is 113 Å². The van der Waals surface area contributed by atoms with Crippen LogP contribution in [0.5, 0.6) is 11.5 Å². The summed E-state index contributed by atoms with van der Waals surface area (Å²) in [5.74, 6) is -0.507. The van der Waals surface area contributed by atoms with Crippen molar-refractivity contribution in [3.8, 4) is 11.5 Å². The highest BCUT2D eigenvalue weighted by Gasteiger charge is 2.36. The van der Waals surface area contributed by atoms with E-state index in [-0.39, 0.29) is 44.3 Å². The predicted molar refractivity (Wildman–Crippen MR) is 128 cm³/mol. The number of para-hydroxylation sites is 1. The van der Waals surface area contributed by atoms with Crippen LogP contribution < -0.4 is 15.2 Å². The van der Waals surface area contributed by atoms with Gasteiger partial charge in [0.2, 0.25) is 0 Å². The minimum atomic E-state index is -4.08. The van der Waals surface area contributed by atoms with Crippen molar-refractivity contribution >= 4 is 33.0 Å². The number of hydrogen-bond donors (Lipinski definition) is 2. The number of nitrogens with one attached hydrogen (secondary N) is 1. The van der Waals surface area contributed by atoms with Crippen molar-refractivity contribution in [1.29, 1.82) is 0 Å². The van der Waals surface area contributed by atoms with Crippen LogP contribution in [0.2, 0.25) is 0 Å². The summed E-state index contributed by atoms with van der Waals surface area (Å²) in [5, 5.41) is 0. The number of rotatable bonds is 5. The molecule has 8 heteroatoms. The second-order valence-electron chi connectivity index (χ2n) is 7.62. The molecule has 4 aromatic carbocycles. The van der Waals surface area contributed by atoms with E-state index in [9.17, 15) is 18.0 Å². The molecule has 0 bridgehead atoms. The number of fused-ring (bicyclic) bond motifs is 2. The molecule has 34 heavy (non-hydrogen) atoms. The summed E-state index contributed by atoms with van der Waals surface area (Å²) in [5.41, 5.74) is 6.36. The monoisotopic (exact) mass is 470 g/mol. The van der Waals surface area contributed by atoms with Crippen molar-refractivity contribution in [1.82, 2.24) is 0 Å². The molecule has 3 N–H and O–H groups in total. The first kappa shape index (κ1) is 21.4. The summed E-state index contributed by atoms with van der Waals surface area (Å²) >= 11 is 0. The van der Waals surface area contributed by atoms with E-state index in [0.717, 1.165) is 0 Å². The van der Waals surface area contributed by atoms with Gasteiger partial charge in [0.1, 0.15) is 5.75 Å². The van der Waals surface area contributed by atoms with Crippen LogP contribution in [0.3, 0.4) is 0 Å². The molecule has 1 aliphatic carbocycles. The number of hydrogen-bond acceptors (Lipinski definition) is 6. The molecule has 4 aromatic rings. The number of ether oxygens (including phenoxy) is 1. The smallest absolute Gasteiger partial charge is 0.261 e. The molecule has 0 saturated carbocycles. The van der Waals surface area contributed by atoms with Gasteiger partial charge in [0.05, 0.1) is 27.4 Å². The molecule has 0 saturated heterocycles. The maximum atomic E-state index is 13.4. The molecular weight excluding hydrogens is 452 g/mol. The number of anilines is 2. The molecule has 5 rings (SSSR count). The average Bonchev–Trinajstić information content (AvgIpc) is 2.85. The molecule has 0 aromatic heterocycles. The van der Waals surface area contributed by atoms with Crippen molar-refractivity contribution in [3.63, 3.8) is 0 Å². The molecule has 0 radical (unpaired) electrons. The largest absolute Gasteiger partial charge is 0.455 e. The first-order chi connectivity index (χ1) is 16.4. The minimum Gasteiger partial charge on any atom is -0.455 e. The van der Waals surface area contributed by atoms with Crippen LogP contribution in [0.1, 0.15) is 31.8 Å². The van der Waals surface area contributed by atoms with Gasteiger partial charge in [-0.15, -0.1) is 0 Å². The summed E-state index contributed by atoms with van der Waals surface area (Å²) in [4.78, 5) is 26.8. The fourth-order valence-corrected chi connectivity index (χ4v) is 4.96. The zero-order chi connectivity index (χ0) is 23.9. The highest BCUT2D eigenvalue weighted by Crippen LogP contribution is 2.42. The third-order valence-electron chi connectivity index (χ3n) is 5.47. The Kier molecular flexibility index (Phi) is 5.14. The van der Waals surface area contributed by atoms with Gasteiger partial charge in [-0.3, -0.25) is 14.3 Å². The number of ketones is 2. The van der Waals surface area contributed by atoms with E-state index in [1.807, 2.05) is 6.07 Å². The van der Waals surface area contributed by atoms with Crippen LogP contribution in [-0.4, -0.2) is 20.0 Å². The summed E-state index contributed by atoms with van der Waals surface area (Å²) in [6.07, 6.45) is 0. The Bertz CT molecular complexity index is 1550. The number of nitrogens with two attached hydrogens (primary N) is 1. The van der Waals surface area contributed by atoms with E-state index in [1.54, 1.807) is 54.6 Å². The zero-order valence-electron chi connectivity index (χ0n) is 17.7. The molecule has 7 nitrogen and oxygen atoms in total. The molecule has 0 spiro atoms. The SMILES string of the molecule is Nc1c(Oc2ccccc2)cc(NS(=O)(=O)c2ccccc2)c2c1C(=O)c1ccccc1C2=O. The normalized spacial score (nSPS) is 12.6. The van der Waals surface area contributed by atoms with E-state index in [1.165, 1.54) is 30.3 Å². The van der Waals surface area contributed by atoms with Crippen LogP contribution in [0.25, 0.3) is 0 Å². The number of nitrogen functional groups attached to an aromatic ring is 1. The van der Waals surface area contributed by atoms with Gasteiger partial charge in [-0.1, -0.05) is 60.7 Å². The van der Waals surface area contributed by atoms with E-state index in [2.05, 4.69) is 4.72 Å². The Labute approximate surface area is 195 Å². The highest BCUT2D eigenvalue weighted by atomic mass is 32.2. The van der Waals surface area contributed by atoms with Gasteiger partial charge >= 0.3 is 0 Å². The quantitative estimate of drug-likeness (QED) is 0.362. The molecule has 0 fully saturated rings. The molecule has 1 aliphatic rings. The molecule has 0 atom stereocenters. The second kappa shape index (κ2) is 8.17. The third kappa shape index (κ3) is 3.60. The van der Waals surface area contributed by atoms with Gasteiger partial charge in [-0.05, 0) is 24.3 Å². The van der Waals surface area contributed by atoms with Crippen LogP contribution in [0, 0.1) is 0 Å². The summed E-state index contributed by atoms with van der Waals surface area (Å²) in [6.45, 7) is 0. The standard InChI is InChI=1S/C26H18N2O5S/c27-24-21(33-16-9-3-1-4-10-16)15-20(28-34(31,32)17-11-5-2-6-12-17)22-23(24)26(30)19-14-8-7-13-18(19)25(22)29/h1-15,28H,27H2. The molecule has 0 aliphatic heterocycles. The number of sulfonamides is 1. The predicted octanol–water partition coefficient (Wildman–Crippen LogP) is 4.64. The van der Waals surface area contributed by atoms with Gasteiger partial charge in [-0.25, -0.2) is 8.42 Å². The molecule has 0 amide bonds. The van der Waals surface area contributed by atoms with Gasteiger partial charge in [0.15, 0.2) is 17.3 Å². The van der Waals surface area contributed by atoms with Gasteiger partial charge in [-0.2, -0.15) is 0 Å². The maximum Gasteiger partial charge on any atom is 0.261 e. The summed E-state index contributed by atoms with van der Waals surface area (Å²) in [7, 11) is -4.08. The molecule has 0 heterocycles. The first-order valence-corrected chi connectivity index (χ1v) is 11.8. The number of carbonyl (C=O) groups is 2. The summed E-state index contributed by atoms with van der Waals surface area (Å²) < 4.78 is 34.5. The lowest BCUT2D eigenvalue weighted by atomic mass is 9.82. The molecular formula is C26H18N2O5S. The van der Waals surface area contributed by atoms with E-state index >= 15 is 0 Å². The Morgan fingerprint density at radius 1 is 0.706 bits per heavy atom. The van der Waals surface area contributed by atoms with Crippen LogP contribution in [0.4, 0.5) is 11.4 Å². The Balaban J connectivity index is 1.72. The van der Waals surface area contributed by atoms with Crippen molar-refractivity contribution in [2.45, 2.75) is 4.90 Å². The lowest BCUT2D eigenvalue weighted by Crippen LogP contribution is -2.25. The molecule has 168 valence electrons. The van der Waals surface area contributed by atoms with Gasteiger partial charge < -0.3 is 10.5 Å². The zero-order valence-corrected chi connectivity index (χ0v) is 18.5. The van der Waals surface area contributed by atoms with Crippen molar-refractivity contribution < 1.29 is 22.7 Å². The van der Waals surface area contributed by atoms with Crippen LogP contribution >= 0.6 is 0 Å². The van der Waals surface area contributed by atoms with E-state index in [0.29, 0.717) is 5.75 Å². The highest BCUT2D eigenvalue weighted by molar-refractivity contribution is 7.92. The van der Waals surface area contributed by atoms with Gasteiger partial charge in [0.25, 0.3) is 10.0 Å². The van der Waals surface area contributed by atoms with Gasteiger partial charge in [0, 0.05) is 17.2 Å². The number of carbonyl (C=O) groups excluding carboxylic acids is 2. The average molecular weight is 471 g/mol. The van der Waals surface area contributed by atoms with E-state index < -0.39 is 21.6 Å². The summed E-state index contributed by atoms with van der Waals surface area (Å²) in [6, 6.07) is 24.1. The topological polar surface area (TPSA) is 116 Å². The second-order valence-corrected chi connectivity index (χ2v) is 9.31. The first-order valence-electron chi connectivity index (χ1n) is 10.3. The van der Waals surface area contributed by atoms with Crippen molar-refractivity contribution in [2.75, 3.05) is 10.5 Å². The fraction of sp³-hybridized carbons (Fsp3) is 0. The Morgan fingerprint density at radius 2 is 1.24 bits per heavy atom. The van der Waals surface area contributed by atoms with Crippen LogP contribution in [-0.2, 0) is 10.0 Å². The van der Waals surface area contributed by atoms with E-state index in [4.69, 9.17) is 10.5 Å². The van der Waals surface area contributed by atoms with Crippen molar-refractivity contribution in [2.24, 2.45) is 0 Å². The third-order valence-corrected chi connectivity index (χ3v) is 6.85. The minimum absolute atomic E-state index is 0.00101. The Morgan fingerprint density at radius 3 is 1.85 bits per heavy atom. The number of benzene rings is 4. The lowest BCUT2D eigenvalue weighted by molar-refractivity contribution is 0.0980. The molecule has 0 unspecified atom stereocenters.